The van der Waals surface area contributed by atoms with Gasteiger partial charge in [-0.25, -0.2) is 4.79 Å². The van der Waals surface area contributed by atoms with Crippen LogP contribution in [0.5, 0.6) is 0 Å². The van der Waals surface area contributed by atoms with Crippen LogP contribution in [-0.2, 0) is 22.6 Å². The van der Waals surface area contributed by atoms with Crippen molar-refractivity contribution in [2.24, 2.45) is 17.3 Å². The molecule has 2 unspecified atom stereocenters. The van der Waals surface area contributed by atoms with Crippen LogP contribution in [-0.4, -0.2) is 75.8 Å². The number of hydrogen-bond acceptors (Lipinski definition) is 6. The molecule has 2 atom stereocenters. The fourth-order valence-corrected chi connectivity index (χ4v) is 8.65. The molecule has 1 aromatic heterocycles. The molecule has 0 bridgehead atoms. The lowest BCUT2D eigenvalue weighted by molar-refractivity contribution is -0.163. The number of carbonyl (C=O) groups is 3. The minimum Gasteiger partial charge on any atom is -0.444 e. The van der Waals surface area contributed by atoms with Crippen LogP contribution >= 0.6 is 0 Å². The SMILES string of the molecule is CC(CC1CCCCC1)C(=O)N1CCC(O)(Cn2cc(C(=O)N(C)C)c(-c3ccccc3CNC(=O)OC(C)(C)C)cc2=O)C2(CCCC2)C1. The molecule has 2 heterocycles. The molecule has 50 heavy (non-hydrogen) atoms. The number of hydrogen-bond donors (Lipinski definition) is 2. The summed E-state index contributed by atoms with van der Waals surface area (Å²) in [4.78, 5) is 57.3. The number of pyridine rings is 1. The molecule has 10 heteroatoms. The van der Waals surface area contributed by atoms with Crippen molar-refractivity contribution in [3.05, 3.63) is 58.0 Å². The Kier molecular flexibility index (Phi) is 11.5. The Balaban J connectivity index is 1.41. The van der Waals surface area contributed by atoms with Crippen molar-refractivity contribution in [2.75, 3.05) is 27.2 Å². The number of nitrogens with one attached hydrogen (secondary N) is 1. The van der Waals surface area contributed by atoms with E-state index < -0.39 is 22.7 Å². The second kappa shape index (κ2) is 15.3. The molecule has 1 saturated heterocycles. The first-order valence-electron chi connectivity index (χ1n) is 18.6. The van der Waals surface area contributed by atoms with Crippen LogP contribution < -0.4 is 10.9 Å². The minimum absolute atomic E-state index is 0.0419. The van der Waals surface area contributed by atoms with Gasteiger partial charge in [0.05, 0.1) is 17.7 Å². The molecule has 5 rings (SSSR count). The van der Waals surface area contributed by atoms with Crippen LogP contribution in [0.2, 0.25) is 0 Å². The van der Waals surface area contributed by atoms with E-state index in [0.717, 1.165) is 37.7 Å². The summed E-state index contributed by atoms with van der Waals surface area (Å²) in [7, 11) is 3.33. The number of rotatable bonds is 9. The van der Waals surface area contributed by atoms with E-state index in [4.69, 9.17) is 4.74 Å². The summed E-state index contributed by atoms with van der Waals surface area (Å²) in [6.45, 7) is 8.56. The van der Waals surface area contributed by atoms with Gasteiger partial charge in [-0.15, -0.1) is 0 Å². The van der Waals surface area contributed by atoms with Crippen molar-refractivity contribution in [3.8, 4) is 11.1 Å². The quantitative estimate of drug-likeness (QED) is 0.316. The number of benzene rings is 1. The Morgan fingerprint density at radius 3 is 2.36 bits per heavy atom. The highest BCUT2D eigenvalue weighted by molar-refractivity contribution is 6.00. The first-order chi connectivity index (χ1) is 23.6. The standard InChI is InChI=1S/C40H58N4O6/c1-28(22-29-14-8-7-9-15-29)35(46)43-21-20-40(49,39(26-43)18-12-13-19-39)27-44-25-33(36(47)42(5)6)32(23-34(44)45)31-17-11-10-16-30(31)24-41-37(48)50-38(2,3)4/h10-11,16-17,23,25,28-29,49H,7-9,12-15,18-22,24,26-27H2,1-6H3,(H,41,48). The summed E-state index contributed by atoms with van der Waals surface area (Å²) in [5, 5.41) is 15.3. The maximum absolute atomic E-state index is 13.9. The first kappa shape index (κ1) is 37.6. The number of carbonyl (C=O) groups excluding carboxylic acids is 3. The van der Waals surface area contributed by atoms with Crippen LogP contribution in [0.25, 0.3) is 11.1 Å². The zero-order valence-electron chi connectivity index (χ0n) is 31.1. The minimum atomic E-state index is -1.22. The Labute approximate surface area is 297 Å². The van der Waals surface area contributed by atoms with E-state index in [0.29, 0.717) is 42.1 Å². The smallest absolute Gasteiger partial charge is 0.407 e. The molecule has 3 fully saturated rings. The van der Waals surface area contributed by atoms with Gasteiger partial charge in [-0.3, -0.25) is 14.4 Å². The second-order valence-electron chi connectivity index (χ2n) is 16.4. The topological polar surface area (TPSA) is 121 Å². The fourth-order valence-electron chi connectivity index (χ4n) is 8.65. The van der Waals surface area contributed by atoms with Crippen molar-refractivity contribution in [3.63, 3.8) is 0 Å². The Morgan fingerprint density at radius 1 is 1.02 bits per heavy atom. The molecule has 1 aromatic carbocycles. The molecule has 3 amide bonds. The van der Waals surface area contributed by atoms with E-state index in [1.807, 2.05) is 29.2 Å². The lowest BCUT2D eigenvalue weighted by Gasteiger charge is -2.53. The van der Waals surface area contributed by atoms with Gasteiger partial charge in [0.25, 0.3) is 11.5 Å². The Bertz CT molecular complexity index is 1600. The highest BCUT2D eigenvalue weighted by Gasteiger charge is 2.56. The predicted octanol–water partition coefficient (Wildman–Crippen LogP) is 6.37. The number of piperidine rings is 1. The van der Waals surface area contributed by atoms with E-state index in [9.17, 15) is 24.3 Å². The van der Waals surface area contributed by atoms with Crippen LogP contribution in [0.15, 0.2) is 41.3 Å². The number of aliphatic hydroxyl groups is 1. The molecule has 0 radical (unpaired) electrons. The molecule has 3 aliphatic rings. The molecule has 2 aliphatic carbocycles. The molecule has 1 spiro atoms. The zero-order valence-corrected chi connectivity index (χ0v) is 31.1. The normalized spacial score (nSPS) is 21.5. The van der Waals surface area contributed by atoms with Crippen LogP contribution in [0.4, 0.5) is 4.79 Å². The van der Waals surface area contributed by atoms with Crippen LogP contribution in [0.3, 0.4) is 0 Å². The van der Waals surface area contributed by atoms with E-state index >= 15 is 0 Å². The van der Waals surface area contributed by atoms with Crippen molar-refractivity contribution < 1.29 is 24.2 Å². The first-order valence-corrected chi connectivity index (χ1v) is 18.6. The van der Waals surface area contributed by atoms with E-state index in [-0.39, 0.29) is 36.4 Å². The third-order valence-electron chi connectivity index (χ3n) is 11.3. The summed E-state index contributed by atoms with van der Waals surface area (Å²) in [5.74, 6) is 0.481. The van der Waals surface area contributed by atoms with Gasteiger partial charge in [0.1, 0.15) is 5.60 Å². The molecule has 1 aliphatic heterocycles. The molecule has 274 valence electrons. The van der Waals surface area contributed by atoms with E-state index in [1.54, 1.807) is 41.1 Å². The van der Waals surface area contributed by atoms with Crippen molar-refractivity contribution >= 4 is 17.9 Å². The van der Waals surface area contributed by atoms with Gasteiger partial charge in [-0.05, 0) is 63.5 Å². The Morgan fingerprint density at radius 2 is 1.70 bits per heavy atom. The predicted molar refractivity (Wildman–Crippen MR) is 195 cm³/mol. The molecule has 2 saturated carbocycles. The highest BCUT2D eigenvalue weighted by Crippen LogP contribution is 2.52. The van der Waals surface area contributed by atoms with E-state index in [2.05, 4.69) is 12.2 Å². The summed E-state index contributed by atoms with van der Waals surface area (Å²) < 4.78 is 6.90. The lowest BCUT2D eigenvalue weighted by Crippen LogP contribution is -2.62. The molecule has 2 N–H and O–H groups in total. The van der Waals surface area contributed by atoms with Gasteiger partial charge in [-0.1, -0.05) is 76.1 Å². The van der Waals surface area contributed by atoms with Gasteiger partial charge in [0.2, 0.25) is 5.91 Å². The molecular formula is C40H58N4O6. The van der Waals surface area contributed by atoms with Gasteiger partial charge in [0, 0.05) is 62.9 Å². The number of amides is 3. The number of nitrogens with zero attached hydrogens (tertiary/aromatic N) is 3. The summed E-state index contributed by atoms with van der Waals surface area (Å²) in [6.07, 6.45) is 12.1. The monoisotopic (exact) mass is 690 g/mol. The molecule has 10 nitrogen and oxygen atoms in total. The van der Waals surface area contributed by atoms with Gasteiger partial charge < -0.3 is 29.5 Å². The van der Waals surface area contributed by atoms with Gasteiger partial charge in [0.15, 0.2) is 0 Å². The maximum Gasteiger partial charge on any atom is 0.407 e. The van der Waals surface area contributed by atoms with Crippen LogP contribution in [0.1, 0.15) is 114 Å². The lowest BCUT2D eigenvalue weighted by atomic mass is 9.65. The maximum atomic E-state index is 13.9. The van der Waals surface area contributed by atoms with Gasteiger partial charge in [-0.2, -0.15) is 0 Å². The summed E-state index contributed by atoms with van der Waals surface area (Å²) in [5.41, 5.74) is -0.555. The third-order valence-corrected chi connectivity index (χ3v) is 11.3. The Hall–Kier alpha value is -3.66. The summed E-state index contributed by atoms with van der Waals surface area (Å²) in [6, 6.07) is 8.83. The third kappa shape index (κ3) is 8.44. The fraction of sp³-hybridized carbons (Fsp3) is 0.650. The number of aromatic nitrogens is 1. The van der Waals surface area contributed by atoms with Crippen molar-refractivity contribution in [1.29, 1.82) is 0 Å². The number of ether oxygens (including phenoxy) is 1. The van der Waals surface area contributed by atoms with Crippen LogP contribution in [0, 0.1) is 17.3 Å². The highest BCUT2D eigenvalue weighted by atomic mass is 16.6. The van der Waals surface area contributed by atoms with Crippen molar-refractivity contribution in [1.82, 2.24) is 19.7 Å². The number of alkyl carbamates (subject to hydrolysis) is 1. The average molecular weight is 691 g/mol. The summed E-state index contributed by atoms with van der Waals surface area (Å²) >= 11 is 0. The zero-order chi connectivity index (χ0) is 36.3. The second-order valence-corrected chi connectivity index (χ2v) is 16.4. The average Bonchev–Trinajstić information content (AvgIpc) is 3.55. The largest absolute Gasteiger partial charge is 0.444 e. The number of likely N-dealkylation sites (tertiary alicyclic amines) is 1. The molecular weight excluding hydrogens is 632 g/mol. The van der Waals surface area contributed by atoms with Gasteiger partial charge >= 0.3 is 6.09 Å². The van der Waals surface area contributed by atoms with Crippen molar-refractivity contribution in [2.45, 2.75) is 123 Å². The van der Waals surface area contributed by atoms with E-state index in [1.165, 1.54) is 47.6 Å². The molecule has 2 aromatic rings.